The fourth-order valence-corrected chi connectivity index (χ4v) is 11.9. The molecule has 9 aromatic carbocycles. The quantitative estimate of drug-likeness (QED) is 0.169. The highest BCUT2D eigenvalue weighted by molar-refractivity contribution is 7.26. The summed E-state index contributed by atoms with van der Waals surface area (Å²) < 4.78 is 10.2. The van der Waals surface area contributed by atoms with Crippen molar-refractivity contribution in [3.63, 3.8) is 0 Å². The molecule has 3 nitrogen and oxygen atoms in total. The van der Waals surface area contributed by atoms with Crippen LogP contribution < -0.4 is 4.90 Å². The van der Waals surface area contributed by atoms with Crippen molar-refractivity contribution in [3.8, 4) is 11.4 Å². The zero-order chi connectivity index (χ0) is 39.5. The molecule has 0 saturated heterocycles. The monoisotopic (exact) mass is 801 g/mol. The van der Waals surface area contributed by atoms with E-state index in [0.717, 1.165) is 28.4 Å². The van der Waals surface area contributed by atoms with Crippen molar-refractivity contribution in [2.24, 2.45) is 0 Å². The number of hydrogen-bond donors (Lipinski definition) is 0. The van der Waals surface area contributed by atoms with Gasteiger partial charge < -0.3 is 14.0 Å². The zero-order valence-electron chi connectivity index (χ0n) is 32.6. The Bertz CT molecular complexity index is 3630. The summed E-state index contributed by atoms with van der Waals surface area (Å²) in [6.07, 6.45) is 0. The molecule has 0 aliphatic carbocycles. The average molecular weight is 802 g/mol. The third-order valence-corrected chi connectivity index (χ3v) is 14.7. The molecule has 282 valence electrons. The van der Waals surface area contributed by atoms with E-state index >= 15 is 0 Å². The van der Waals surface area contributed by atoms with E-state index in [1.54, 1.807) is 0 Å². The van der Waals surface area contributed by atoms with E-state index in [9.17, 15) is 0 Å². The summed E-state index contributed by atoms with van der Waals surface area (Å²) in [7, 11) is 0. The maximum Gasteiger partial charge on any atom is 0.0562 e. The summed E-state index contributed by atoms with van der Waals surface area (Å²) in [5.41, 5.74) is 11.7. The molecule has 0 saturated carbocycles. The number of benzene rings is 9. The Morgan fingerprint density at radius 3 is 1.27 bits per heavy atom. The number of rotatable bonds is 5. The molecule has 60 heavy (non-hydrogen) atoms. The van der Waals surface area contributed by atoms with E-state index in [0.29, 0.717) is 0 Å². The van der Waals surface area contributed by atoms with Gasteiger partial charge in [0.2, 0.25) is 0 Å². The lowest BCUT2D eigenvalue weighted by Crippen LogP contribution is -2.11. The summed E-state index contributed by atoms with van der Waals surface area (Å²) in [5.74, 6) is 0. The smallest absolute Gasteiger partial charge is 0.0562 e. The van der Waals surface area contributed by atoms with E-state index in [4.69, 9.17) is 0 Å². The van der Waals surface area contributed by atoms with E-state index in [1.165, 1.54) is 89.5 Å². The lowest BCUT2D eigenvalue weighted by molar-refractivity contribution is 1.18. The number of aryl methyl sites for hydroxylation is 1. The highest BCUT2D eigenvalue weighted by Crippen LogP contribution is 2.48. The molecule has 0 spiro atoms. The van der Waals surface area contributed by atoms with Gasteiger partial charge in [-0.15, -0.1) is 22.7 Å². The SMILES string of the molecule is Cc1ccc(N(c2cccc3c2c2ccccc2n3-c2ccc3sc4ccccc4c3c2)c2cccc3c2c2ccccc2n3-c2ccc3sc4ccccc4c3c2)cc1. The van der Waals surface area contributed by atoms with Crippen molar-refractivity contribution in [1.29, 1.82) is 0 Å². The maximum absolute atomic E-state index is 2.50. The molecule has 0 atom stereocenters. The molecule has 0 N–H and O–H groups in total. The third-order valence-electron chi connectivity index (χ3n) is 12.4. The van der Waals surface area contributed by atoms with Gasteiger partial charge in [0.05, 0.1) is 33.4 Å². The molecule has 0 unspecified atom stereocenters. The lowest BCUT2D eigenvalue weighted by Gasteiger charge is -2.27. The van der Waals surface area contributed by atoms with Gasteiger partial charge in [-0.3, -0.25) is 0 Å². The van der Waals surface area contributed by atoms with Crippen LogP contribution in [0.5, 0.6) is 0 Å². The first-order valence-corrected chi connectivity index (χ1v) is 22.1. The molecule has 0 radical (unpaired) electrons. The van der Waals surface area contributed by atoms with Crippen LogP contribution in [0, 0.1) is 6.92 Å². The van der Waals surface area contributed by atoms with E-state index < -0.39 is 0 Å². The standard InChI is InChI=1S/C55H35N3S2/c1-34-24-26-35(27-25-34)56(46-18-10-20-48-54(46)40-14-2-6-16-44(40)57(48)36-28-30-52-42(32-36)38-12-4-8-22-50(38)59-52)47-19-11-21-49-55(47)41-15-3-7-17-45(41)58(49)37-29-31-53-43(33-37)39-13-5-9-23-51(39)60-53/h2-33H,1H3. The Morgan fingerprint density at radius 1 is 0.350 bits per heavy atom. The van der Waals surface area contributed by atoms with Crippen molar-refractivity contribution >= 4 is 124 Å². The summed E-state index contributed by atoms with van der Waals surface area (Å²) in [6.45, 7) is 2.16. The molecule has 0 fully saturated rings. The number of thiophene rings is 2. The summed E-state index contributed by atoms with van der Waals surface area (Å²) >= 11 is 3.73. The van der Waals surface area contributed by atoms with Gasteiger partial charge in [0, 0.05) is 79.0 Å². The maximum atomic E-state index is 2.50. The van der Waals surface area contributed by atoms with Crippen molar-refractivity contribution in [3.05, 3.63) is 200 Å². The number of hydrogen-bond acceptors (Lipinski definition) is 3. The first-order chi connectivity index (χ1) is 29.7. The van der Waals surface area contributed by atoms with Gasteiger partial charge in [0.1, 0.15) is 0 Å². The number of fused-ring (bicyclic) bond motifs is 12. The Kier molecular flexibility index (Phi) is 7.26. The van der Waals surface area contributed by atoms with Crippen LogP contribution in [0.15, 0.2) is 194 Å². The Hall–Kier alpha value is -7.18. The Morgan fingerprint density at radius 2 is 0.767 bits per heavy atom. The summed E-state index contributed by atoms with van der Waals surface area (Å²) in [6, 6.07) is 72.0. The molecule has 13 aromatic rings. The molecule has 0 aliphatic rings. The van der Waals surface area contributed by atoms with E-state index in [1.807, 2.05) is 22.7 Å². The van der Waals surface area contributed by atoms with Crippen LogP contribution in [-0.2, 0) is 0 Å². The fraction of sp³-hybridized carbons (Fsp3) is 0.0182. The van der Waals surface area contributed by atoms with Crippen LogP contribution in [-0.4, -0.2) is 9.13 Å². The molecule has 4 heterocycles. The first-order valence-electron chi connectivity index (χ1n) is 20.4. The number of aromatic nitrogens is 2. The van der Waals surface area contributed by atoms with Crippen LogP contribution in [0.1, 0.15) is 5.56 Å². The minimum Gasteiger partial charge on any atom is -0.309 e. The van der Waals surface area contributed by atoms with Crippen LogP contribution >= 0.6 is 22.7 Å². The molecular weight excluding hydrogens is 767 g/mol. The van der Waals surface area contributed by atoms with Crippen molar-refractivity contribution < 1.29 is 0 Å². The van der Waals surface area contributed by atoms with Gasteiger partial charge in [0.25, 0.3) is 0 Å². The topological polar surface area (TPSA) is 13.1 Å². The van der Waals surface area contributed by atoms with Crippen LogP contribution in [0.25, 0.3) is 95.3 Å². The third kappa shape index (κ3) is 4.88. The number of anilines is 3. The Labute approximate surface area is 353 Å². The minimum absolute atomic E-state index is 1.12. The number of para-hydroxylation sites is 2. The second-order valence-electron chi connectivity index (χ2n) is 15.8. The molecule has 5 heteroatoms. The van der Waals surface area contributed by atoms with E-state index in [2.05, 4.69) is 215 Å². The molecule has 0 amide bonds. The largest absolute Gasteiger partial charge is 0.309 e. The van der Waals surface area contributed by atoms with Gasteiger partial charge in [-0.2, -0.15) is 0 Å². The van der Waals surface area contributed by atoms with Gasteiger partial charge in [0.15, 0.2) is 0 Å². The molecule has 13 rings (SSSR count). The highest BCUT2D eigenvalue weighted by atomic mass is 32.1. The average Bonchev–Trinajstić information content (AvgIpc) is 4.05. The molecular formula is C55H35N3S2. The zero-order valence-corrected chi connectivity index (χ0v) is 34.3. The van der Waals surface area contributed by atoms with Crippen molar-refractivity contribution in [2.45, 2.75) is 6.92 Å². The van der Waals surface area contributed by atoms with Crippen LogP contribution in [0.2, 0.25) is 0 Å². The predicted molar refractivity (Wildman–Crippen MR) is 260 cm³/mol. The van der Waals surface area contributed by atoms with Crippen molar-refractivity contribution in [1.82, 2.24) is 9.13 Å². The first kappa shape index (κ1) is 33.8. The lowest BCUT2D eigenvalue weighted by atomic mass is 10.0. The van der Waals surface area contributed by atoms with Crippen LogP contribution in [0.4, 0.5) is 17.1 Å². The van der Waals surface area contributed by atoms with Gasteiger partial charge in [-0.05, 0) is 104 Å². The van der Waals surface area contributed by atoms with Crippen molar-refractivity contribution in [2.75, 3.05) is 4.90 Å². The highest BCUT2D eigenvalue weighted by Gasteiger charge is 2.25. The van der Waals surface area contributed by atoms with E-state index in [-0.39, 0.29) is 0 Å². The normalized spacial score (nSPS) is 12.1. The fourth-order valence-electron chi connectivity index (χ4n) is 9.74. The van der Waals surface area contributed by atoms with Gasteiger partial charge in [-0.25, -0.2) is 0 Å². The van der Waals surface area contributed by atoms with Crippen LogP contribution in [0.3, 0.4) is 0 Å². The molecule has 0 aliphatic heterocycles. The molecule has 4 aromatic heterocycles. The minimum atomic E-state index is 1.12. The second-order valence-corrected chi connectivity index (χ2v) is 17.9. The second kappa shape index (κ2) is 12.9. The molecule has 0 bridgehead atoms. The Balaban J connectivity index is 1.09. The van der Waals surface area contributed by atoms with Gasteiger partial charge in [-0.1, -0.05) is 103 Å². The number of nitrogens with zero attached hydrogens (tertiary/aromatic N) is 3. The van der Waals surface area contributed by atoms with Gasteiger partial charge >= 0.3 is 0 Å². The predicted octanol–water partition coefficient (Wildman–Crippen LogP) is 16.4. The summed E-state index contributed by atoms with van der Waals surface area (Å²) in [5, 5.41) is 10.1. The summed E-state index contributed by atoms with van der Waals surface area (Å²) in [4.78, 5) is 2.50.